The van der Waals surface area contributed by atoms with Gasteiger partial charge in [0.2, 0.25) is 0 Å². The number of benzene rings is 1. The summed E-state index contributed by atoms with van der Waals surface area (Å²) in [6.45, 7) is 1.29. The van der Waals surface area contributed by atoms with Gasteiger partial charge in [-0.2, -0.15) is 0 Å². The van der Waals surface area contributed by atoms with Crippen molar-refractivity contribution in [3.8, 4) is 0 Å². The lowest BCUT2D eigenvalue weighted by Gasteiger charge is -2.39. The molecule has 0 radical (unpaired) electrons. The number of rotatable bonds is 2. The van der Waals surface area contributed by atoms with Gasteiger partial charge in [0.25, 0.3) is 5.91 Å². The summed E-state index contributed by atoms with van der Waals surface area (Å²) in [6, 6.07) is 7.32. The lowest BCUT2D eigenvalue weighted by Crippen LogP contribution is -2.50. The number of hydrogen-bond donors (Lipinski definition) is 0. The van der Waals surface area contributed by atoms with E-state index >= 15 is 0 Å². The summed E-state index contributed by atoms with van der Waals surface area (Å²) in [4.78, 5) is 13.9. The normalized spacial score (nSPS) is 15.5. The number of hydrogen-bond acceptors (Lipinski definition) is 3. The Morgan fingerprint density at radius 3 is 2.78 bits per heavy atom. The van der Waals surface area contributed by atoms with Crippen molar-refractivity contribution in [2.75, 3.05) is 13.1 Å². The Balaban J connectivity index is 1.69. The van der Waals surface area contributed by atoms with E-state index in [1.165, 1.54) is 0 Å². The van der Waals surface area contributed by atoms with Gasteiger partial charge in [0, 0.05) is 19.3 Å². The summed E-state index contributed by atoms with van der Waals surface area (Å²) in [5, 5.41) is 8.17. The van der Waals surface area contributed by atoms with Gasteiger partial charge in [-0.3, -0.25) is 4.79 Å². The van der Waals surface area contributed by atoms with E-state index in [-0.39, 0.29) is 11.9 Å². The zero-order valence-corrected chi connectivity index (χ0v) is 10.3. The van der Waals surface area contributed by atoms with Gasteiger partial charge in [-0.1, -0.05) is 28.9 Å². The molecule has 18 heavy (non-hydrogen) atoms. The van der Waals surface area contributed by atoms with Crippen LogP contribution in [-0.4, -0.2) is 38.9 Å². The maximum absolute atomic E-state index is 12.2. The molecule has 1 aromatic heterocycles. The van der Waals surface area contributed by atoms with Crippen LogP contribution in [0, 0.1) is 0 Å². The molecule has 1 aliphatic heterocycles. The van der Waals surface area contributed by atoms with Crippen LogP contribution in [0.2, 0.25) is 5.02 Å². The number of likely N-dealkylation sites (tertiary alicyclic amines) is 1. The zero-order valence-electron chi connectivity index (χ0n) is 9.53. The number of amides is 1. The van der Waals surface area contributed by atoms with Crippen molar-refractivity contribution in [2.45, 2.75) is 6.04 Å². The number of carbonyl (C=O) groups excluding carboxylic acids is 1. The molecule has 1 fully saturated rings. The Hall–Kier alpha value is -1.88. The maximum atomic E-state index is 12.2. The van der Waals surface area contributed by atoms with Crippen LogP contribution in [0.4, 0.5) is 0 Å². The van der Waals surface area contributed by atoms with E-state index in [1.54, 1.807) is 27.9 Å². The molecule has 1 aromatic carbocycles. The minimum absolute atomic E-state index is 0.0306. The fourth-order valence-electron chi connectivity index (χ4n) is 2.01. The quantitative estimate of drug-likeness (QED) is 0.827. The average Bonchev–Trinajstić information content (AvgIpc) is 2.81. The predicted octanol–water partition coefficient (Wildman–Crippen LogP) is 1.63. The molecule has 1 aliphatic rings. The fraction of sp³-hybridized carbons (Fsp3) is 0.250. The highest BCUT2D eigenvalue weighted by molar-refractivity contribution is 6.33. The number of aromatic nitrogens is 3. The molecule has 3 rings (SSSR count). The lowest BCUT2D eigenvalue weighted by molar-refractivity contribution is 0.0498. The van der Waals surface area contributed by atoms with Crippen molar-refractivity contribution in [3.05, 3.63) is 47.2 Å². The summed E-state index contributed by atoms with van der Waals surface area (Å²) >= 11 is 6.01. The highest BCUT2D eigenvalue weighted by Gasteiger charge is 2.33. The highest BCUT2D eigenvalue weighted by atomic mass is 35.5. The third-order valence-corrected chi connectivity index (χ3v) is 3.40. The number of carbonyl (C=O) groups is 1. The molecule has 92 valence electrons. The van der Waals surface area contributed by atoms with Crippen molar-refractivity contribution < 1.29 is 4.79 Å². The molecule has 0 bridgehead atoms. The largest absolute Gasteiger partial charge is 0.334 e. The van der Waals surface area contributed by atoms with Crippen LogP contribution >= 0.6 is 11.6 Å². The van der Waals surface area contributed by atoms with Crippen LogP contribution in [0.5, 0.6) is 0 Å². The Labute approximate surface area is 109 Å². The first kappa shape index (κ1) is 11.2. The average molecular weight is 263 g/mol. The molecule has 0 atom stereocenters. The first-order valence-electron chi connectivity index (χ1n) is 5.65. The van der Waals surface area contributed by atoms with Crippen molar-refractivity contribution in [3.63, 3.8) is 0 Å². The first-order chi connectivity index (χ1) is 8.75. The molecule has 0 aliphatic carbocycles. The Bertz CT molecular complexity index is 563. The van der Waals surface area contributed by atoms with E-state index in [0.717, 1.165) is 0 Å². The van der Waals surface area contributed by atoms with Gasteiger partial charge in [-0.25, -0.2) is 4.68 Å². The molecule has 0 saturated carbocycles. The lowest BCUT2D eigenvalue weighted by atomic mass is 10.1. The second-order valence-electron chi connectivity index (χ2n) is 4.23. The summed E-state index contributed by atoms with van der Waals surface area (Å²) < 4.78 is 1.77. The van der Waals surface area contributed by atoms with Crippen LogP contribution in [0.15, 0.2) is 36.7 Å². The van der Waals surface area contributed by atoms with E-state index in [1.807, 2.05) is 18.3 Å². The van der Waals surface area contributed by atoms with Crippen molar-refractivity contribution in [2.24, 2.45) is 0 Å². The molecule has 2 heterocycles. The van der Waals surface area contributed by atoms with Crippen LogP contribution in [0.25, 0.3) is 0 Å². The number of nitrogens with zero attached hydrogens (tertiary/aromatic N) is 4. The highest BCUT2D eigenvalue weighted by Crippen LogP contribution is 2.24. The molecular weight excluding hydrogens is 252 g/mol. The van der Waals surface area contributed by atoms with Crippen molar-refractivity contribution in [1.82, 2.24) is 19.9 Å². The minimum atomic E-state index is -0.0306. The van der Waals surface area contributed by atoms with E-state index in [9.17, 15) is 4.79 Å². The molecular formula is C12H11ClN4O. The number of halogens is 1. The zero-order chi connectivity index (χ0) is 12.5. The van der Waals surface area contributed by atoms with Gasteiger partial charge in [0.15, 0.2) is 0 Å². The van der Waals surface area contributed by atoms with Gasteiger partial charge in [0.1, 0.15) is 0 Å². The third-order valence-electron chi connectivity index (χ3n) is 3.07. The van der Waals surface area contributed by atoms with E-state index < -0.39 is 0 Å². The van der Waals surface area contributed by atoms with Crippen molar-refractivity contribution in [1.29, 1.82) is 0 Å². The van der Waals surface area contributed by atoms with E-state index in [4.69, 9.17) is 11.6 Å². The summed E-state index contributed by atoms with van der Waals surface area (Å²) in [7, 11) is 0. The van der Waals surface area contributed by atoms with Gasteiger partial charge in [-0.05, 0) is 12.1 Å². The van der Waals surface area contributed by atoms with Crippen molar-refractivity contribution >= 4 is 17.5 Å². The minimum Gasteiger partial charge on any atom is -0.334 e. The summed E-state index contributed by atoms with van der Waals surface area (Å²) in [5.41, 5.74) is 0.552. The van der Waals surface area contributed by atoms with Gasteiger partial charge >= 0.3 is 0 Å². The van der Waals surface area contributed by atoms with Crippen LogP contribution in [0.3, 0.4) is 0 Å². The second kappa shape index (κ2) is 4.42. The van der Waals surface area contributed by atoms with E-state index in [2.05, 4.69) is 10.3 Å². The smallest absolute Gasteiger partial charge is 0.255 e. The van der Waals surface area contributed by atoms with Crippen LogP contribution < -0.4 is 0 Å². The second-order valence-corrected chi connectivity index (χ2v) is 4.63. The molecule has 0 N–H and O–H groups in total. The fourth-order valence-corrected chi connectivity index (χ4v) is 2.22. The molecule has 0 spiro atoms. The SMILES string of the molecule is O=C(c1ccccc1Cl)N1CC(n2ccnn2)C1. The molecule has 1 amide bonds. The molecule has 5 nitrogen and oxygen atoms in total. The van der Waals surface area contributed by atoms with E-state index in [0.29, 0.717) is 23.7 Å². The Morgan fingerprint density at radius 1 is 1.33 bits per heavy atom. The first-order valence-corrected chi connectivity index (χ1v) is 6.03. The topological polar surface area (TPSA) is 51.0 Å². The maximum Gasteiger partial charge on any atom is 0.255 e. The molecule has 6 heteroatoms. The third kappa shape index (κ3) is 1.86. The molecule has 0 unspecified atom stereocenters. The Morgan fingerprint density at radius 2 is 2.11 bits per heavy atom. The molecule has 2 aromatic rings. The van der Waals surface area contributed by atoms with Gasteiger partial charge < -0.3 is 4.90 Å². The standard InChI is InChI=1S/C12H11ClN4O/c13-11-4-2-1-3-10(11)12(18)16-7-9(8-16)17-6-5-14-15-17/h1-6,9H,7-8H2. The monoisotopic (exact) mass is 262 g/mol. The summed E-state index contributed by atoms with van der Waals surface area (Å²) in [6.07, 6.45) is 3.44. The van der Waals surface area contributed by atoms with Crippen LogP contribution in [-0.2, 0) is 0 Å². The van der Waals surface area contributed by atoms with Crippen LogP contribution in [0.1, 0.15) is 16.4 Å². The van der Waals surface area contributed by atoms with Gasteiger partial charge in [-0.15, -0.1) is 5.10 Å². The van der Waals surface area contributed by atoms with Gasteiger partial charge in [0.05, 0.1) is 22.8 Å². The Kier molecular flexibility index (Phi) is 2.76. The molecule has 1 saturated heterocycles. The predicted molar refractivity (Wildman–Crippen MR) is 66.4 cm³/mol. The summed E-state index contributed by atoms with van der Waals surface area (Å²) in [5.74, 6) is -0.0306.